The minimum Gasteiger partial charge on any atom is -0.497 e. The van der Waals surface area contributed by atoms with E-state index in [1.54, 1.807) is 21.3 Å². The Hall–Kier alpha value is -1.22. The molecule has 1 aromatic rings. The van der Waals surface area contributed by atoms with Crippen LogP contribution in [0.25, 0.3) is 0 Å². The van der Waals surface area contributed by atoms with Gasteiger partial charge in [-0.15, -0.1) is 0 Å². The van der Waals surface area contributed by atoms with E-state index in [0.717, 1.165) is 29.9 Å². The standard InChI is InChI=1S/C12H16O3/c1-13-10-6-9(7-11(8-10)14-2)12(15-3)4-5-12/h6-8H,4-5H2,1-3H3. The lowest BCUT2D eigenvalue weighted by atomic mass is 10.1. The second-order valence-corrected chi connectivity index (χ2v) is 3.80. The molecule has 1 fully saturated rings. The monoisotopic (exact) mass is 208 g/mol. The van der Waals surface area contributed by atoms with Crippen molar-refractivity contribution in [3.8, 4) is 11.5 Å². The van der Waals surface area contributed by atoms with Crippen LogP contribution in [0.15, 0.2) is 18.2 Å². The van der Waals surface area contributed by atoms with Crippen molar-refractivity contribution in [1.29, 1.82) is 0 Å². The van der Waals surface area contributed by atoms with Crippen LogP contribution in [0.4, 0.5) is 0 Å². The predicted molar refractivity (Wildman–Crippen MR) is 57.5 cm³/mol. The third-order valence-corrected chi connectivity index (χ3v) is 2.97. The molecule has 0 unspecified atom stereocenters. The van der Waals surface area contributed by atoms with Crippen LogP contribution in [0, 0.1) is 0 Å². The summed E-state index contributed by atoms with van der Waals surface area (Å²) in [6, 6.07) is 5.90. The van der Waals surface area contributed by atoms with Gasteiger partial charge in [-0.05, 0) is 30.5 Å². The van der Waals surface area contributed by atoms with Crippen LogP contribution < -0.4 is 9.47 Å². The van der Waals surface area contributed by atoms with E-state index in [0.29, 0.717) is 0 Å². The second-order valence-electron chi connectivity index (χ2n) is 3.80. The summed E-state index contributed by atoms with van der Waals surface area (Å²) in [7, 11) is 5.06. The highest BCUT2D eigenvalue weighted by Gasteiger charge is 2.45. The van der Waals surface area contributed by atoms with Crippen molar-refractivity contribution in [3.63, 3.8) is 0 Å². The third kappa shape index (κ3) is 1.79. The molecule has 1 aliphatic rings. The van der Waals surface area contributed by atoms with Gasteiger partial charge in [-0.2, -0.15) is 0 Å². The van der Waals surface area contributed by atoms with E-state index in [-0.39, 0.29) is 5.60 Å². The van der Waals surface area contributed by atoms with Crippen molar-refractivity contribution < 1.29 is 14.2 Å². The average Bonchev–Trinajstić information content (AvgIpc) is 3.09. The molecule has 0 spiro atoms. The molecule has 1 aliphatic carbocycles. The Balaban J connectivity index is 2.38. The molecule has 0 N–H and O–H groups in total. The van der Waals surface area contributed by atoms with Gasteiger partial charge in [0.2, 0.25) is 0 Å². The van der Waals surface area contributed by atoms with Crippen LogP contribution in [0.1, 0.15) is 18.4 Å². The molecule has 0 radical (unpaired) electrons. The van der Waals surface area contributed by atoms with E-state index in [9.17, 15) is 0 Å². The fourth-order valence-corrected chi connectivity index (χ4v) is 1.79. The molecule has 1 saturated carbocycles. The molecule has 2 rings (SSSR count). The van der Waals surface area contributed by atoms with E-state index in [2.05, 4.69) is 0 Å². The Morgan fingerprint density at radius 2 is 1.47 bits per heavy atom. The molecule has 0 heterocycles. The molecule has 0 bridgehead atoms. The summed E-state index contributed by atoms with van der Waals surface area (Å²) in [6.45, 7) is 0. The normalized spacial score (nSPS) is 17.3. The molecule has 3 heteroatoms. The number of methoxy groups -OCH3 is 3. The van der Waals surface area contributed by atoms with Gasteiger partial charge in [0.25, 0.3) is 0 Å². The molecular formula is C12H16O3. The molecule has 0 saturated heterocycles. The van der Waals surface area contributed by atoms with Crippen molar-refractivity contribution >= 4 is 0 Å². The van der Waals surface area contributed by atoms with Crippen molar-refractivity contribution in [2.45, 2.75) is 18.4 Å². The molecule has 15 heavy (non-hydrogen) atoms. The fraction of sp³-hybridized carbons (Fsp3) is 0.500. The Labute approximate surface area is 90.0 Å². The van der Waals surface area contributed by atoms with E-state index in [1.165, 1.54) is 0 Å². The maximum absolute atomic E-state index is 5.52. The number of rotatable bonds is 4. The molecular weight excluding hydrogens is 192 g/mol. The summed E-state index contributed by atoms with van der Waals surface area (Å²) >= 11 is 0. The van der Waals surface area contributed by atoms with E-state index >= 15 is 0 Å². The van der Waals surface area contributed by atoms with Crippen molar-refractivity contribution in [3.05, 3.63) is 23.8 Å². The fourth-order valence-electron chi connectivity index (χ4n) is 1.79. The van der Waals surface area contributed by atoms with Crippen molar-refractivity contribution in [2.75, 3.05) is 21.3 Å². The highest BCUT2D eigenvalue weighted by atomic mass is 16.5. The van der Waals surface area contributed by atoms with Gasteiger partial charge in [0.1, 0.15) is 11.5 Å². The Kier molecular flexibility index (Phi) is 2.57. The van der Waals surface area contributed by atoms with Gasteiger partial charge < -0.3 is 14.2 Å². The number of hydrogen-bond acceptors (Lipinski definition) is 3. The second kappa shape index (κ2) is 3.74. The summed E-state index contributed by atoms with van der Waals surface area (Å²) in [5, 5.41) is 0. The van der Waals surface area contributed by atoms with Gasteiger partial charge in [-0.25, -0.2) is 0 Å². The third-order valence-electron chi connectivity index (χ3n) is 2.97. The topological polar surface area (TPSA) is 27.7 Å². The number of benzene rings is 1. The average molecular weight is 208 g/mol. The lowest BCUT2D eigenvalue weighted by Gasteiger charge is -2.16. The quantitative estimate of drug-likeness (QED) is 0.760. The molecule has 1 aromatic carbocycles. The van der Waals surface area contributed by atoms with Crippen LogP contribution >= 0.6 is 0 Å². The SMILES string of the molecule is COc1cc(OC)cc(C2(OC)CC2)c1. The van der Waals surface area contributed by atoms with Gasteiger partial charge in [0, 0.05) is 13.2 Å². The lowest BCUT2D eigenvalue weighted by Crippen LogP contribution is -2.09. The maximum atomic E-state index is 5.52. The van der Waals surface area contributed by atoms with E-state index < -0.39 is 0 Å². The first kappa shape index (κ1) is 10.3. The minimum atomic E-state index is -0.0954. The molecule has 0 aromatic heterocycles. The Morgan fingerprint density at radius 1 is 0.933 bits per heavy atom. The zero-order chi connectivity index (χ0) is 10.9. The molecule has 82 valence electrons. The van der Waals surface area contributed by atoms with E-state index in [1.807, 2.05) is 18.2 Å². The van der Waals surface area contributed by atoms with Gasteiger partial charge >= 0.3 is 0 Å². The van der Waals surface area contributed by atoms with Gasteiger partial charge in [-0.1, -0.05) is 0 Å². The molecule has 0 amide bonds. The minimum absolute atomic E-state index is 0.0954. The molecule has 0 atom stereocenters. The summed E-state index contributed by atoms with van der Waals surface area (Å²) < 4.78 is 16.0. The zero-order valence-corrected chi connectivity index (χ0v) is 9.37. The van der Waals surface area contributed by atoms with Crippen LogP contribution in [-0.4, -0.2) is 21.3 Å². The zero-order valence-electron chi connectivity index (χ0n) is 9.37. The summed E-state index contributed by atoms with van der Waals surface area (Å²) in [4.78, 5) is 0. The highest BCUT2D eigenvalue weighted by molar-refractivity contribution is 5.42. The predicted octanol–water partition coefficient (Wildman–Crippen LogP) is 2.34. The van der Waals surface area contributed by atoms with E-state index in [4.69, 9.17) is 14.2 Å². The van der Waals surface area contributed by atoms with Gasteiger partial charge in [0.15, 0.2) is 0 Å². The Morgan fingerprint density at radius 3 is 1.80 bits per heavy atom. The first-order valence-electron chi connectivity index (χ1n) is 5.03. The first-order chi connectivity index (χ1) is 7.24. The van der Waals surface area contributed by atoms with Crippen LogP contribution in [0.2, 0.25) is 0 Å². The van der Waals surface area contributed by atoms with Crippen LogP contribution in [0.5, 0.6) is 11.5 Å². The largest absolute Gasteiger partial charge is 0.497 e. The molecule has 3 nitrogen and oxygen atoms in total. The summed E-state index contributed by atoms with van der Waals surface area (Å²) in [5.74, 6) is 1.63. The van der Waals surface area contributed by atoms with Gasteiger partial charge in [-0.3, -0.25) is 0 Å². The number of hydrogen-bond donors (Lipinski definition) is 0. The van der Waals surface area contributed by atoms with Crippen LogP contribution in [-0.2, 0) is 10.3 Å². The highest BCUT2D eigenvalue weighted by Crippen LogP contribution is 2.50. The van der Waals surface area contributed by atoms with Gasteiger partial charge in [0.05, 0.1) is 19.8 Å². The maximum Gasteiger partial charge on any atom is 0.122 e. The lowest BCUT2D eigenvalue weighted by molar-refractivity contribution is 0.0785. The summed E-state index contributed by atoms with van der Waals surface area (Å²) in [6.07, 6.45) is 2.14. The van der Waals surface area contributed by atoms with Crippen molar-refractivity contribution in [1.82, 2.24) is 0 Å². The van der Waals surface area contributed by atoms with Crippen molar-refractivity contribution in [2.24, 2.45) is 0 Å². The molecule has 0 aliphatic heterocycles. The van der Waals surface area contributed by atoms with Crippen LogP contribution in [0.3, 0.4) is 0 Å². The first-order valence-corrected chi connectivity index (χ1v) is 5.03. The number of ether oxygens (including phenoxy) is 3. The Bertz CT molecular complexity index is 334. The summed E-state index contributed by atoms with van der Waals surface area (Å²) in [5.41, 5.74) is 1.04. The smallest absolute Gasteiger partial charge is 0.122 e.